The maximum Gasteiger partial charge on any atom is 0.330 e. The van der Waals surface area contributed by atoms with Gasteiger partial charge in [-0.15, -0.1) is 0 Å². The Morgan fingerprint density at radius 2 is 0.891 bits per heavy atom. The predicted molar refractivity (Wildman–Crippen MR) is 174 cm³/mol. The Balaban J connectivity index is 1.28. The Hall–Kier alpha value is -4.42. The van der Waals surface area contributed by atoms with Gasteiger partial charge in [0.05, 0.1) is 55.9 Å². The summed E-state index contributed by atoms with van der Waals surface area (Å²) in [4.78, 5) is 29.2. The highest BCUT2D eigenvalue weighted by molar-refractivity contribution is 5.88. The van der Waals surface area contributed by atoms with E-state index in [0.717, 1.165) is 63.2 Å². The summed E-state index contributed by atoms with van der Waals surface area (Å²) in [6.07, 6.45) is 7.60. The molecule has 12 nitrogen and oxygen atoms in total. The number of ether oxygens (including phenoxy) is 8. The number of carbonyl (C=O) groups excluding carboxylic acids is 2. The van der Waals surface area contributed by atoms with E-state index in [9.17, 15) is 9.59 Å². The second kappa shape index (κ2) is 19.2. The van der Waals surface area contributed by atoms with E-state index >= 15 is 0 Å². The summed E-state index contributed by atoms with van der Waals surface area (Å²) in [6.45, 7) is 6.15. The molecule has 46 heavy (non-hydrogen) atoms. The van der Waals surface area contributed by atoms with Crippen molar-refractivity contribution in [3.63, 3.8) is 0 Å². The van der Waals surface area contributed by atoms with Crippen molar-refractivity contribution in [3.8, 4) is 34.5 Å². The van der Waals surface area contributed by atoms with Crippen LogP contribution in [0, 0.1) is 0 Å². The average molecular weight is 643 g/mol. The molecular formula is C34H46N2O10. The van der Waals surface area contributed by atoms with Gasteiger partial charge in [0.2, 0.25) is 11.5 Å². The maximum atomic E-state index is 12.2. The number of esters is 2. The van der Waals surface area contributed by atoms with Gasteiger partial charge in [0.1, 0.15) is 0 Å². The fraction of sp³-hybridized carbons (Fsp3) is 0.471. The third-order valence-corrected chi connectivity index (χ3v) is 7.39. The summed E-state index contributed by atoms with van der Waals surface area (Å²) < 4.78 is 42.8. The Morgan fingerprint density at radius 1 is 0.565 bits per heavy atom. The normalized spacial score (nSPS) is 13.9. The summed E-state index contributed by atoms with van der Waals surface area (Å²) in [6, 6.07) is 7.04. The zero-order valence-electron chi connectivity index (χ0n) is 27.7. The molecule has 12 heteroatoms. The van der Waals surface area contributed by atoms with Crippen LogP contribution in [-0.4, -0.2) is 117 Å². The number of rotatable bonds is 18. The number of methoxy groups -OCH3 is 6. The number of hydrogen-bond donors (Lipinski definition) is 0. The number of carbonyl (C=O) groups is 2. The number of hydrogen-bond acceptors (Lipinski definition) is 12. The van der Waals surface area contributed by atoms with Crippen LogP contribution in [0.1, 0.15) is 24.0 Å². The molecule has 0 N–H and O–H groups in total. The van der Waals surface area contributed by atoms with Crippen LogP contribution in [0.25, 0.3) is 12.2 Å². The van der Waals surface area contributed by atoms with Crippen molar-refractivity contribution in [3.05, 3.63) is 47.5 Å². The van der Waals surface area contributed by atoms with Crippen molar-refractivity contribution < 1.29 is 47.5 Å². The van der Waals surface area contributed by atoms with Gasteiger partial charge in [-0.1, -0.05) is 0 Å². The molecule has 0 saturated carbocycles. The molecule has 0 spiro atoms. The van der Waals surface area contributed by atoms with Crippen LogP contribution >= 0.6 is 0 Å². The fourth-order valence-electron chi connectivity index (χ4n) is 4.98. The zero-order chi connectivity index (χ0) is 33.3. The van der Waals surface area contributed by atoms with Crippen LogP contribution in [0.3, 0.4) is 0 Å². The molecule has 1 heterocycles. The van der Waals surface area contributed by atoms with E-state index in [2.05, 4.69) is 9.80 Å². The largest absolute Gasteiger partial charge is 0.493 e. The Labute approximate surface area is 271 Å². The Morgan fingerprint density at radius 3 is 1.17 bits per heavy atom. The van der Waals surface area contributed by atoms with E-state index in [1.54, 1.807) is 64.9 Å². The van der Waals surface area contributed by atoms with Crippen LogP contribution in [0.15, 0.2) is 36.4 Å². The van der Waals surface area contributed by atoms with Gasteiger partial charge < -0.3 is 47.7 Å². The molecule has 3 rings (SSSR count). The van der Waals surface area contributed by atoms with E-state index < -0.39 is 11.9 Å². The van der Waals surface area contributed by atoms with Crippen molar-refractivity contribution in [1.82, 2.24) is 9.80 Å². The monoisotopic (exact) mass is 642 g/mol. The number of piperazine rings is 1. The van der Waals surface area contributed by atoms with E-state index in [1.165, 1.54) is 26.4 Å². The second-order valence-corrected chi connectivity index (χ2v) is 10.3. The minimum atomic E-state index is -0.407. The van der Waals surface area contributed by atoms with Crippen molar-refractivity contribution in [2.24, 2.45) is 0 Å². The van der Waals surface area contributed by atoms with Crippen LogP contribution in [0.2, 0.25) is 0 Å². The molecular weight excluding hydrogens is 596 g/mol. The first kappa shape index (κ1) is 36.1. The van der Waals surface area contributed by atoms with Gasteiger partial charge in [-0.3, -0.25) is 0 Å². The standard InChI is InChI=1S/C34H46N2O10/c1-39-27-21-25(22-28(40-2)33(27)43-5)9-11-31(37)45-19-7-13-35-15-17-36(18-16-35)14-8-20-46-32(38)12-10-26-23-29(41-3)34(44-6)30(24-26)42-4/h9-12,21-24H,7-8,13-20H2,1-6H3/b11-9+,12-10+. The Bertz CT molecular complexity index is 1180. The number of nitrogens with zero attached hydrogens (tertiary/aromatic N) is 2. The molecule has 0 unspecified atom stereocenters. The molecule has 1 fully saturated rings. The van der Waals surface area contributed by atoms with Crippen molar-refractivity contribution in [2.45, 2.75) is 12.8 Å². The molecule has 252 valence electrons. The van der Waals surface area contributed by atoms with Crippen molar-refractivity contribution in [2.75, 3.05) is 95.1 Å². The molecule has 0 atom stereocenters. The highest BCUT2D eigenvalue weighted by atomic mass is 16.5. The second-order valence-electron chi connectivity index (χ2n) is 10.3. The highest BCUT2D eigenvalue weighted by Crippen LogP contribution is 2.39. The molecule has 0 bridgehead atoms. The van der Waals surface area contributed by atoms with Gasteiger partial charge in [-0.05, 0) is 60.4 Å². The van der Waals surface area contributed by atoms with E-state index in [0.29, 0.717) is 47.7 Å². The summed E-state index contributed by atoms with van der Waals surface area (Å²) >= 11 is 0. The smallest absolute Gasteiger partial charge is 0.330 e. The topological polar surface area (TPSA) is 114 Å². The minimum Gasteiger partial charge on any atom is -0.493 e. The zero-order valence-corrected chi connectivity index (χ0v) is 27.7. The van der Waals surface area contributed by atoms with Gasteiger partial charge >= 0.3 is 11.9 Å². The molecule has 1 saturated heterocycles. The minimum absolute atomic E-state index is 0.345. The van der Waals surface area contributed by atoms with Gasteiger partial charge in [0, 0.05) is 51.4 Å². The number of benzene rings is 2. The quantitative estimate of drug-likeness (QED) is 0.133. The molecule has 0 radical (unpaired) electrons. The van der Waals surface area contributed by atoms with Gasteiger partial charge in [-0.2, -0.15) is 0 Å². The molecule has 1 aliphatic heterocycles. The van der Waals surface area contributed by atoms with Gasteiger partial charge in [0.25, 0.3) is 0 Å². The predicted octanol–water partition coefficient (Wildman–Crippen LogP) is 3.95. The van der Waals surface area contributed by atoms with E-state index in [1.807, 2.05) is 0 Å². The molecule has 1 aliphatic rings. The molecule has 2 aromatic carbocycles. The van der Waals surface area contributed by atoms with Gasteiger partial charge in [0.15, 0.2) is 23.0 Å². The lowest BCUT2D eigenvalue weighted by Crippen LogP contribution is -2.47. The first-order chi connectivity index (χ1) is 22.3. The Kier molecular flexibility index (Phi) is 15.0. The van der Waals surface area contributed by atoms with E-state index in [-0.39, 0.29) is 0 Å². The lowest BCUT2D eigenvalue weighted by atomic mass is 10.1. The first-order valence-electron chi connectivity index (χ1n) is 15.1. The van der Waals surface area contributed by atoms with Crippen LogP contribution < -0.4 is 28.4 Å². The average Bonchev–Trinajstić information content (AvgIpc) is 3.09. The lowest BCUT2D eigenvalue weighted by molar-refractivity contribution is -0.138. The summed E-state index contributed by atoms with van der Waals surface area (Å²) in [7, 11) is 9.25. The highest BCUT2D eigenvalue weighted by Gasteiger charge is 2.17. The lowest BCUT2D eigenvalue weighted by Gasteiger charge is -2.34. The van der Waals surface area contributed by atoms with Crippen LogP contribution in [0.4, 0.5) is 0 Å². The molecule has 0 aliphatic carbocycles. The van der Waals surface area contributed by atoms with Crippen molar-refractivity contribution >= 4 is 24.1 Å². The third kappa shape index (κ3) is 10.9. The van der Waals surface area contributed by atoms with Gasteiger partial charge in [-0.25, -0.2) is 9.59 Å². The summed E-state index contributed by atoms with van der Waals surface area (Å²) in [5, 5.41) is 0. The van der Waals surface area contributed by atoms with Crippen LogP contribution in [-0.2, 0) is 19.1 Å². The van der Waals surface area contributed by atoms with Crippen molar-refractivity contribution in [1.29, 1.82) is 0 Å². The fourth-order valence-corrected chi connectivity index (χ4v) is 4.98. The van der Waals surface area contributed by atoms with E-state index in [4.69, 9.17) is 37.9 Å². The molecule has 0 aromatic heterocycles. The summed E-state index contributed by atoms with van der Waals surface area (Å²) in [5.41, 5.74) is 1.46. The molecule has 0 amide bonds. The molecule has 2 aromatic rings. The third-order valence-electron chi connectivity index (χ3n) is 7.39. The SMILES string of the molecule is COc1cc(/C=C/C(=O)OCCCN2CCN(CCCOC(=O)/C=C/c3cc(OC)c(OC)c(OC)c3)CC2)cc(OC)c1OC. The van der Waals surface area contributed by atoms with Crippen LogP contribution in [0.5, 0.6) is 34.5 Å². The summed E-state index contributed by atoms with van der Waals surface area (Å²) in [5.74, 6) is 2.21. The first-order valence-corrected chi connectivity index (χ1v) is 15.1. The maximum absolute atomic E-state index is 12.2.